The van der Waals surface area contributed by atoms with Gasteiger partial charge in [-0.25, -0.2) is 18.7 Å². The molecular weight excluding hydrogens is 564 g/mol. The lowest BCUT2D eigenvalue weighted by atomic mass is 10.2. The molecule has 1 aromatic carbocycles. The highest BCUT2D eigenvalue weighted by Gasteiger charge is 2.44. The summed E-state index contributed by atoms with van der Waals surface area (Å²) < 4.78 is 61.5. The fraction of sp³-hybridized carbons (Fsp3) is 0.500. The molecule has 0 bridgehead atoms. The van der Waals surface area contributed by atoms with Crippen molar-refractivity contribution >= 4 is 49.1 Å². The highest BCUT2D eigenvalue weighted by Crippen LogP contribution is 2.34. The summed E-state index contributed by atoms with van der Waals surface area (Å²) in [5.41, 5.74) is 3.10. The van der Waals surface area contributed by atoms with Crippen LogP contribution in [0.25, 0.3) is 10.4 Å². The molecule has 0 spiro atoms. The summed E-state index contributed by atoms with van der Waals surface area (Å²) >= 11 is 7.02. The Bertz CT molecular complexity index is 1310. The number of nitrogens with zero attached hydrogens (tertiary/aromatic N) is 3. The maximum atomic E-state index is 13.7. The van der Waals surface area contributed by atoms with Crippen LogP contribution in [0, 0.1) is 0 Å². The third-order valence-electron chi connectivity index (χ3n) is 6.09. The van der Waals surface area contributed by atoms with E-state index >= 15 is 0 Å². The van der Waals surface area contributed by atoms with Crippen molar-refractivity contribution in [3.8, 4) is 10.4 Å². The van der Waals surface area contributed by atoms with E-state index < -0.39 is 38.5 Å². The monoisotopic (exact) mass is 592 g/mol. The average Bonchev–Trinajstić information content (AvgIpc) is 3.39. The van der Waals surface area contributed by atoms with Crippen LogP contribution in [0.2, 0.25) is 5.02 Å². The van der Waals surface area contributed by atoms with Crippen molar-refractivity contribution in [2.75, 3.05) is 40.3 Å². The van der Waals surface area contributed by atoms with Gasteiger partial charge in [0.05, 0.1) is 0 Å². The number of hydrogen-bond acceptors (Lipinski definition) is 8. The Morgan fingerprint density at radius 1 is 1.11 bits per heavy atom. The van der Waals surface area contributed by atoms with Gasteiger partial charge in [0.15, 0.2) is 6.29 Å². The molecule has 1 amide bonds. The van der Waals surface area contributed by atoms with E-state index in [-0.39, 0.29) is 23.8 Å². The number of carbonyl (C=O) groups excluding carboxylic acids is 1. The van der Waals surface area contributed by atoms with E-state index in [9.17, 15) is 21.6 Å². The first kappa shape index (κ1) is 28.4. The number of halogens is 1. The number of sulfonamides is 1. The molecule has 1 unspecified atom stereocenters. The number of ether oxygens (including phenoxy) is 1. The Balaban J connectivity index is 1.59. The molecule has 1 aromatic heterocycles. The van der Waals surface area contributed by atoms with Gasteiger partial charge in [0.2, 0.25) is 0 Å². The van der Waals surface area contributed by atoms with Gasteiger partial charge in [0.1, 0.15) is 10.3 Å². The summed E-state index contributed by atoms with van der Waals surface area (Å²) in [6.07, 6.45) is 1.69. The number of piperazine rings is 1. The normalized spacial score (nSPS) is 22.3. The molecule has 2 saturated heterocycles. The smallest absolute Gasteiger partial charge is 0.281 e. The minimum atomic E-state index is -4.14. The minimum absolute atomic E-state index is 0.0377. The summed E-state index contributed by atoms with van der Waals surface area (Å²) in [7, 11) is -5.27. The van der Waals surface area contributed by atoms with Crippen LogP contribution < -0.4 is 5.48 Å². The van der Waals surface area contributed by atoms with Crippen molar-refractivity contribution in [1.82, 2.24) is 18.4 Å². The number of hydroxylamine groups is 1. The summed E-state index contributed by atoms with van der Waals surface area (Å²) in [6, 6.07) is 8.82. The van der Waals surface area contributed by atoms with Crippen LogP contribution in [-0.4, -0.2) is 88.3 Å². The van der Waals surface area contributed by atoms with E-state index in [1.54, 1.807) is 30.3 Å². The largest absolute Gasteiger partial charge is 0.350 e. The molecule has 3 heterocycles. The van der Waals surface area contributed by atoms with Crippen molar-refractivity contribution in [1.29, 1.82) is 0 Å². The summed E-state index contributed by atoms with van der Waals surface area (Å²) in [5.74, 6) is -0.772. The van der Waals surface area contributed by atoms with Crippen LogP contribution in [0.15, 0.2) is 40.6 Å². The lowest BCUT2D eigenvalue weighted by Gasteiger charge is -2.39. The zero-order chi connectivity index (χ0) is 26.8. The average molecular weight is 593 g/mol. The molecule has 2 fully saturated rings. The molecule has 0 radical (unpaired) electrons. The predicted molar refractivity (Wildman–Crippen MR) is 139 cm³/mol. The Morgan fingerprint density at radius 3 is 2.49 bits per heavy atom. The van der Waals surface area contributed by atoms with Gasteiger partial charge in [-0.3, -0.25) is 4.79 Å². The third kappa shape index (κ3) is 6.34. The van der Waals surface area contributed by atoms with E-state index in [1.165, 1.54) is 20.2 Å². The molecule has 0 aliphatic carbocycles. The van der Waals surface area contributed by atoms with Crippen LogP contribution in [0.1, 0.15) is 19.3 Å². The first-order valence-electron chi connectivity index (χ1n) is 11.6. The van der Waals surface area contributed by atoms with Gasteiger partial charge < -0.3 is 4.74 Å². The number of nitrogens with one attached hydrogen (secondary N) is 1. The molecule has 2 aliphatic rings. The first-order chi connectivity index (χ1) is 17.5. The molecule has 11 nitrogen and oxygen atoms in total. The van der Waals surface area contributed by atoms with E-state index in [0.717, 1.165) is 42.7 Å². The van der Waals surface area contributed by atoms with Gasteiger partial charge in [-0.15, -0.1) is 11.3 Å². The molecule has 0 saturated carbocycles. The number of rotatable bonds is 8. The first-order valence-corrected chi connectivity index (χ1v) is 15.7. The third-order valence-corrected chi connectivity index (χ3v) is 11.8. The summed E-state index contributed by atoms with van der Waals surface area (Å²) in [4.78, 5) is 19.3. The second kappa shape index (κ2) is 11.6. The van der Waals surface area contributed by atoms with Gasteiger partial charge in [0.25, 0.3) is 26.1 Å². The highest BCUT2D eigenvalue weighted by molar-refractivity contribution is 7.91. The number of hydrogen-bond donors (Lipinski definition) is 1. The Labute approximate surface area is 226 Å². The van der Waals surface area contributed by atoms with E-state index in [0.29, 0.717) is 22.9 Å². The number of benzene rings is 1. The maximum Gasteiger partial charge on any atom is 0.281 e. The molecule has 2 aromatic rings. The molecule has 2 atom stereocenters. The van der Waals surface area contributed by atoms with Crippen LogP contribution in [0.5, 0.6) is 0 Å². The SMILES string of the molecule is CN(C)S(=O)(=O)N1CCN(S(=O)(=O)c2ccc(-c3ccc(Cl)cc3)s2)[C@@H](C(=O)NOC2CCCCO2)C1. The van der Waals surface area contributed by atoms with Gasteiger partial charge >= 0.3 is 0 Å². The van der Waals surface area contributed by atoms with Crippen molar-refractivity contribution in [3.05, 3.63) is 41.4 Å². The molecule has 37 heavy (non-hydrogen) atoms. The van der Waals surface area contributed by atoms with Gasteiger partial charge in [0, 0.05) is 56.7 Å². The van der Waals surface area contributed by atoms with Gasteiger partial charge in [-0.1, -0.05) is 23.7 Å². The van der Waals surface area contributed by atoms with Gasteiger partial charge in [-0.05, 0) is 42.7 Å². The quantitative estimate of drug-likeness (QED) is 0.465. The fourth-order valence-corrected chi connectivity index (χ4v) is 8.26. The zero-order valence-corrected chi connectivity index (χ0v) is 23.6. The van der Waals surface area contributed by atoms with Crippen molar-refractivity contribution in [3.63, 3.8) is 0 Å². The molecule has 2 aliphatic heterocycles. The van der Waals surface area contributed by atoms with E-state index in [1.807, 2.05) is 0 Å². The Kier molecular flexibility index (Phi) is 8.93. The molecule has 4 rings (SSSR count). The summed E-state index contributed by atoms with van der Waals surface area (Å²) in [5, 5.41) is 0.563. The maximum absolute atomic E-state index is 13.7. The lowest BCUT2D eigenvalue weighted by molar-refractivity contribution is -0.202. The highest BCUT2D eigenvalue weighted by atomic mass is 35.5. The molecular formula is C22H29ClN4O7S3. The van der Waals surface area contributed by atoms with Gasteiger partial charge in [-0.2, -0.15) is 21.3 Å². The molecule has 15 heteroatoms. The summed E-state index contributed by atoms with van der Waals surface area (Å²) in [6.45, 7) is -0.184. The van der Waals surface area contributed by atoms with Crippen molar-refractivity contribution in [2.24, 2.45) is 0 Å². The van der Waals surface area contributed by atoms with Crippen LogP contribution >= 0.6 is 22.9 Å². The van der Waals surface area contributed by atoms with Crippen LogP contribution in [0.3, 0.4) is 0 Å². The predicted octanol–water partition coefficient (Wildman–Crippen LogP) is 2.12. The Morgan fingerprint density at radius 2 is 1.84 bits per heavy atom. The standard InChI is InChI=1S/C22H29ClN4O7S3/c1-25(2)37(31,32)26-12-13-27(18(15-26)22(28)24-34-20-5-3-4-14-33-20)36(29,30)21-11-10-19(35-21)16-6-8-17(23)9-7-16/h6-11,18,20H,3-5,12-15H2,1-2H3,(H,24,28)/t18-,20?/m1/s1. The zero-order valence-electron chi connectivity index (χ0n) is 20.4. The number of amides is 1. The number of thiophene rings is 1. The topological polar surface area (TPSA) is 126 Å². The minimum Gasteiger partial charge on any atom is -0.350 e. The van der Waals surface area contributed by atoms with Crippen molar-refractivity contribution in [2.45, 2.75) is 35.8 Å². The fourth-order valence-electron chi connectivity index (χ4n) is 4.02. The van der Waals surface area contributed by atoms with Crippen molar-refractivity contribution < 1.29 is 31.2 Å². The van der Waals surface area contributed by atoms with E-state index in [2.05, 4.69) is 5.48 Å². The van der Waals surface area contributed by atoms with Crippen LogP contribution in [0.4, 0.5) is 0 Å². The Hall–Kier alpha value is -1.62. The number of carbonyl (C=O) groups is 1. The van der Waals surface area contributed by atoms with Crippen LogP contribution in [-0.2, 0) is 34.6 Å². The van der Waals surface area contributed by atoms with E-state index in [4.69, 9.17) is 21.2 Å². The second-order valence-electron chi connectivity index (χ2n) is 8.79. The second-order valence-corrected chi connectivity index (χ2v) is 14.6. The molecule has 204 valence electrons. The lowest BCUT2D eigenvalue weighted by Crippen LogP contribution is -2.62. The molecule has 1 N–H and O–H groups in total.